The molecule has 3 aromatic carbocycles. The van der Waals surface area contributed by atoms with Crippen LogP contribution in [0.15, 0.2) is 94.9 Å². The molecule has 6 nitrogen and oxygen atoms in total. The molecule has 0 radical (unpaired) electrons. The molecular weight excluding hydrogens is 551 g/mol. The number of thioether (sulfide) groups is 1. The van der Waals surface area contributed by atoms with Crippen molar-refractivity contribution in [3.05, 3.63) is 102 Å². The van der Waals surface area contributed by atoms with Crippen molar-refractivity contribution in [3.8, 4) is 0 Å². The molecule has 1 saturated heterocycles. The van der Waals surface area contributed by atoms with E-state index in [1.165, 1.54) is 10.5 Å². The van der Waals surface area contributed by atoms with Gasteiger partial charge in [-0.3, -0.25) is 14.7 Å². The highest BCUT2D eigenvalue weighted by Crippen LogP contribution is 2.34. The molecule has 0 spiro atoms. The number of fused-ring (bicyclic) bond motifs is 1. The van der Waals surface area contributed by atoms with E-state index in [1.54, 1.807) is 48.7 Å². The first-order valence-electron chi connectivity index (χ1n) is 14.0. The topological polar surface area (TPSA) is 70.6 Å². The second kappa shape index (κ2) is 12.3. The van der Waals surface area contributed by atoms with Crippen molar-refractivity contribution in [1.29, 1.82) is 0 Å². The first kappa shape index (κ1) is 29.3. The third-order valence-corrected chi connectivity index (χ3v) is 10.1. The van der Waals surface area contributed by atoms with Gasteiger partial charge in [-0.1, -0.05) is 69.3 Å². The highest BCUT2D eigenvalue weighted by Gasteiger charge is 2.23. The number of carbonyl (C=O) groups excluding carboxylic acids is 1. The number of nitrogens with zero attached hydrogens (tertiary/aromatic N) is 3. The molecule has 1 aliphatic heterocycles. The Morgan fingerprint density at radius 3 is 2.41 bits per heavy atom. The third-order valence-electron chi connectivity index (χ3n) is 7.15. The number of sulfone groups is 1. The van der Waals surface area contributed by atoms with Crippen LogP contribution in [-0.2, 0) is 22.1 Å². The lowest BCUT2D eigenvalue weighted by Gasteiger charge is -2.25. The number of pyridine rings is 1. The van der Waals surface area contributed by atoms with Gasteiger partial charge in [0.15, 0.2) is 9.84 Å². The van der Waals surface area contributed by atoms with Crippen molar-refractivity contribution in [3.63, 3.8) is 0 Å². The Morgan fingerprint density at radius 1 is 0.878 bits per heavy atom. The van der Waals surface area contributed by atoms with Gasteiger partial charge in [-0.05, 0) is 47.9 Å². The minimum Gasteiger partial charge on any atom is -0.337 e. The van der Waals surface area contributed by atoms with E-state index in [4.69, 9.17) is 0 Å². The van der Waals surface area contributed by atoms with Gasteiger partial charge in [0.2, 0.25) is 0 Å². The highest BCUT2D eigenvalue weighted by atomic mass is 32.2. The average Bonchev–Trinajstić information content (AvgIpc) is 3.18. The Balaban J connectivity index is 1.22. The molecule has 4 aromatic rings. The molecule has 41 heavy (non-hydrogen) atoms. The number of amides is 1. The zero-order chi connectivity index (χ0) is 29.0. The lowest BCUT2D eigenvalue weighted by Crippen LogP contribution is -2.35. The average molecular weight is 588 g/mol. The van der Waals surface area contributed by atoms with Crippen LogP contribution in [0.1, 0.15) is 48.7 Å². The zero-order valence-corrected chi connectivity index (χ0v) is 25.5. The molecule has 0 atom stereocenters. The largest absolute Gasteiger partial charge is 0.337 e. The van der Waals surface area contributed by atoms with Crippen LogP contribution < -0.4 is 0 Å². The molecule has 1 aromatic heterocycles. The summed E-state index contributed by atoms with van der Waals surface area (Å²) in [5.41, 5.74) is 3.03. The molecule has 0 N–H and O–H groups in total. The molecule has 5 rings (SSSR count). The molecule has 0 saturated carbocycles. The second-order valence-corrected chi connectivity index (χ2v) is 15.4. The Hall–Kier alpha value is -3.20. The van der Waals surface area contributed by atoms with E-state index in [0.29, 0.717) is 29.7 Å². The molecule has 0 bridgehead atoms. The molecule has 2 heterocycles. The van der Waals surface area contributed by atoms with Crippen molar-refractivity contribution in [1.82, 2.24) is 14.8 Å². The summed E-state index contributed by atoms with van der Waals surface area (Å²) >= 11 is 1.90. The zero-order valence-electron chi connectivity index (χ0n) is 23.9. The van der Waals surface area contributed by atoms with Crippen LogP contribution in [0.25, 0.3) is 10.9 Å². The SMILES string of the molecule is CC(C)(C)Sc1ccccc1CN1CCCN(C(=O)c2ccc(CS(=O)(=O)c3cccc4cccnc34)cc2)CC1. The molecular formula is C33H37N3O3S2. The van der Waals surface area contributed by atoms with Gasteiger partial charge in [0.25, 0.3) is 5.91 Å². The van der Waals surface area contributed by atoms with Crippen LogP contribution in [0.2, 0.25) is 0 Å². The number of aromatic nitrogens is 1. The van der Waals surface area contributed by atoms with Crippen molar-refractivity contribution in [2.24, 2.45) is 0 Å². The minimum absolute atomic E-state index is 0.0109. The molecule has 0 unspecified atom stereocenters. The summed E-state index contributed by atoms with van der Waals surface area (Å²) in [5.74, 6) is -0.159. The number of benzene rings is 3. The summed E-state index contributed by atoms with van der Waals surface area (Å²) in [6.45, 7) is 10.7. The summed E-state index contributed by atoms with van der Waals surface area (Å²) in [7, 11) is -3.61. The van der Waals surface area contributed by atoms with Gasteiger partial charge in [0, 0.05) is 59.5 Å². The maximum absolute atomic E-state index is 13.4. The van der Waals surface area contributed by atoms with Crippen LogP contribution in [-0.4, -0.2) is 60.0 Å². The number of hydrogen-bond acceptors (Lipinski definition) is 6. The Kier molecular flexibility index (Phi) is 8.82. The fraction of sp³-hybridized carbons (Fsp3) is 0.333. The van der Waals surface area contributed by atoms with Gasteiger partial charge in [-0.25, -0.2) is 8.42 Å². The summed E-state index contributed by atoms with van der Waals surface area (Å²) in [6, 6.07) is 24.5. The predicted molar refractivity (Wildman–Crippen MR) is 167 cm³/mol. The van der Waals surface area contributed by atoms with Crippen LogP contribution >= 0.6 is 11.8 Å². The van der Waals surface area contributed by atoms with Crippen molar-refractivity contribution >= 4 is 38.4 Å². The van der Waals surface area contributed by atoms with Gasteiger partial charge in [-0.2, -0.15) is 0 Å². The highest BCUT2D eigenvalue weighted by molar-refractivity contribution is 8.00. The smallest absolute Gasteiger partial charge is 0.253 e. The first-order chi connectivity index (χ1) is 19.6. The third kappa shape index (κ3) is 7.36. The standard InChI is InChI=1S/C33H37N3O3S2/c1-33(2,3)40-29-12-5-4-9-28(29)23-35-19-8-20-36(22-21-35)32(37)27-16-14-25(15-17-27)24-41(38,39)30-13-6-10-26-11-7-18-34-31(26)30/h4-7,9-18H,8,19-24H2,1-3H3. The molecule has 1 fully saturated rings. The Morgan fingerprint density at radius 2 is 1.63 bits per heavy atom. The molecule has 8 heteroatoms. The van der Waals surface area contributed by atoms with E-state index in [9.17, 15) is 13.2 Å². The van der Waals surface area contributed by atoms with Gasteiger partial charge in [0.05, 0.1) is 16.2 Å². The summed E-state index contributed by atoms with van der Waals surface area (Å²) in [4.78, 5) is 23.6. The van der Waals surface area contributed by atoms with E-state index < -0.39 is 9.84 Å². The maximum atomic E-state index is 13.4. The van der Waals surface area contributed by atoms with Crippen LogP contribution in [0.4, 0.5) is 0 Å². The quantitative estimate of drug-likeness (QED) is 0.232. The Labute approximate surface area is 247 Å². The predicted octanol–water partition coefficient (Wildman–Crippen LogP) is 6.45. The molecule has 214 valence electrons. The number of rotatable bonds is 7. The lowest BCUT2D eigenvalue weighted by atomic mass is 10.1. The van der Waals surface area contributed by atoms with Crippen molar-refractivity contribution in [2.75, 3.05) is 26.2 Å². The van der Waals surface area contributed by atoms with Crippen molar-refractivity contribution < 1.29 is 13.2 Å². The van der Waals surface area contributed by atoms with Gasteiger partial charge < -0.3 is 4.90 Å². The maximum Gasteiger partial charge on any atom is 0.253 e. The fourth-order valence-electron chi connectivity index (χ4n) is 5.19. The normalized spacial score (nSPS) is 15.1. The molecule has 1 amide bonds. The summed E-state index contributed by atoms with van der Waals surface area (Å²) in [5, 5.41) is 0.790. The van der Waals surface area contributed by atoms with Gasteiger partial charge in [-0.15, -0.1) is 11.8 Å². The summed E-state index contributed by atoms with van der Waals surface area (Å²) < 4.78 is 26.6. The van der Waals surface area contributed by atoms with E-state index in [2.05, 4.69) is 54.9 Å². The first-order valence-corrected chi connectivity index (χ1v) is 16.5. The van der Waals surface area contributed by atoms with E-state index >= 15 is 0 Å². The number of para-hydroxylation sites is 1. The second-order valence-electron chi connectivity index (χ2n) is 11.5. The van der Waals surface area contributed by atoms with Crippen LogP contribution in [0.3, 0.4) is 0 Å². The Bertz CT molecular complexity index is 1620. The molecule has 0 aliphatic carbocycles. The summed E-state index contributed by atoms with van der Waals surface area (Å²) in [6.07, 6.45) is 2.52. The minimum atomic E-state index is -3.61. The van der Waals surface area contributed by atoms with Gasteiger partial charge >= 0.3 is 0 Å². The van der Waals surface area contributed by atoms with Gasteiger partial charge in [0.1, 0.15) is 0 Å². The van der Waals surface area contributed by atoms with Crippen LogP contribution in [0.5, 0.6) is 0 Å². The fourth-order valence-corrected chi connectivity index (χ4v) is 7.80. The van der Waals surface area contributed by atoms with Crippen molar-refractivity contribution in [2.45, 2.75) is 54.0 Å². The van der Waals surface area contributed by atoms with Crippen LogP contribution in [0, 0.1) is 0 Å². The molecule has 1 aliphatic rings. The lowest BCUT2D eigenvalue weighted by molar-refractivity contribution is 0.0761. The monoisotopic (exact) mass is 587 g/mol. The number of hydrogen-bond donors (Lipinski definition) is 0. The van der Waals surface area contributed by atoms with E-state index in [0.717, 1.165) is 31.4 Å². The van der Waals surface area contributed by atoms with E-state index in [1.807, 2.05) is 28.8 Å². The van der Waals surface area contributed by atoms with E-state index in [-0.39, 0.29) is 21.3 Å². The number of carbonyl (C=O) groups is 1.